The molecular weight excluding hydrogens is 454 g/mol. The number of aromatic nitrogens is 2. The molecule has 2 saturated heterocycles. The molecule has 2 aliphatic rings. The fraction of sp³-hybridized carbons (Fsp3) is 0.667. The Morgan fingerprint density at radius 2 is 1.69 bits per heavy atom. The highest BCUT2D eigenvalue weighted by Crippen LogP contribution is 2.24. The zero-order valence-electron chi connectivity index (χ0n) is 18.6. The van der Waals surface area contributed by atoms with E-state index >= 15 is 0 Å². The molecule has 0 atom stereocenters. The Morgan fingerprint density at radius 1 is 1.03 bits per heavy atom. The highest BCUT2D eigenvalue weighted by Gasteiger charge is 2.28. The lowest BCUT2D eigenvalue weighted by atomic mass is 9.97. The average Bonchev–Trinajstić information content (AvgIpc) is 2.82. The molecule has 2 aliphatic heterocycles. The van der Waals surface area contributed by atoms with E-state index in [2.05, 4.69) is 14.9 Å². The molecular formula is C21H30ClN5O4S. The van der Waals surface area contributed by atoms with Gasteiger partial charge in [0.25, 0.3) is 0 Å². The van der Waals surface area contributed by atoms with Crippen LogP contribution in [-0.2, 0) is 19.1 Å². The fourth-order valence-corrected chi connectivity index (χ4v) is 4.85. The number of rotatable bonds is 7. The van der Waals surface area contributed by atoms with Gasteiger partial charge >= 0.3 is 5.97 Å². The van der Waals surface area contributed by atoms with Crippen molar-refractivity contribution < 1.29 is 19.1 Å². The monoisotopic (exact) mass is 483 g/mol. The first-order valence-electron chi connectivity index (χ1n) is 11.1. The molecule has 176 valence electrons. The summed E-state index contributed by atoms with van der Waals surface area (Å²) in [5.74, 6) is 0.773. The summed E-state index contributed by atoms with van der Waals surface area (Å²) in [6.45, 7) is 7.79. The van der Waals surface area contributed by atoms with Gasteiger partial charge in [-0.25, -0.2) is 9.97 Å². The Kier molecular flexibility index (Phi) is 8.98. The number of esters is 1. The summed E-state index contributed by atoms with van der Waals surface area (Å²) in [6, 6.07) is 1.71. The molecule has 9 nitrogen and oxygen atoms in total. The Labute approximate surface area is 197 Å². The summed E-state index contributed by atoms with van der Waals surface area (Å²) in [5, 5.41) is 0.779. The summed E-state index contributed by atoms with van der Waals surface area (Å²) in [6.07, 6.45) is 1.76. The minimum atomic E-state index is -0.172. The first-order chi connectivity index (χ1) is 15.4. The standard InChI is InChI=1S/C21H30ClN5O4S/c1-3-18(28)27-11-9-25(10-12-27)17-13-16(22)23-21(24-17)32-14-19(29)26-7-5-15(6-8-26)20(30)31-4-2/h13,15H,3-12,14H2,1-2H3. The largest absolute Gasteiger partial charge is 0.466 e. The predicted molar refractivity (Wildman–Crippen MR) is 123 cm³/mol. The SMILES string of the molecule is CCOC(=O)C1CCN(C(=O)CSc2nc(Cl)cc(N3CCN(C(=O)CC)CC3)n2)CC1. The van der Waals surface area contributed by atoms with Crippen molar-refractivity contribution in [2.75, 3.05) is 56.5 Å². The van der Waals surface area contributed by atoms with Crippen LogP contribution in [0.2, 0.25) is 5.15 Å². The van der Waals surface area contributed by atoms with Crippen molar-refractivity contribution in [2.24, 2.45) is 5.92 Å². The normalized spacial score (nSPS) is 17.4. The molecule has 32 heavy (non-hydrogen) atoms. The van der Waals surface area contributed by atoms with Crippen molar-refractivity contribution in [2.45, 2.75) is 38.3 Å². The summed E-state index contributed by atoms with van der Waals surface area (Å²) in [5.41, 5.74) is 0. The second-order valence-electron chi connectivity index (χ2n) is 7.75. The number of carbonyl (C=O) groups excluding carboxylic acids is 3. The highest BCUT2D eigenvalue weighted by atomic mass is 35.5. The third kappa shape index (κ3) is 6.48. The van der Waals surface area contributed by atoms with E-state index in [9.17, 15) is 14.4 Å². The van der Waals surface area contributed by atoms with Gasteiger partial charge in [0.05, 0.1) is 18.3 Å². The summed E-state index contributed by atoms with van der Waals surface area (Å²) >= 11 is 7.47. The van der Waals surface area contributed by atoms with E-state index in [0.29, 0.717) is 81.3 Å². The molecule has 0 radical (unpaired) electrons. The number of piperazine rings is 1. The molecule has 2 amide bonds. The molecule has 3 rings (SSSR count). The number of anilines is 1. The lowest BCUT2D eigenvalue weighted by Gasteiger charge is -2.35. The number of ether oxygens (including phenoxy) is 1. The third-order valence-electron chi connectivity index (χ3n) is 5.71. The quantitative estimate of drug-likeness (QED) is 0.252. The highest BCUT2D eigenvalue weighted by molar-refractivity contribution is 7.99. The molecule has 0 aromatic carbocycles. The number of hydrogen-bond acceptors (Lipinski definition) is 8. The van der Waals surface area contributed by atoms with E-state index < -0.39 is 0 Å². The van der Waals surface area contributed by atoms with Crippen molar-refractivity contribution in [3.05, 3.63) is 11.2 Å². The maximum atomic E-state index is 12.6. The zero-order chi connectivity index (χ0) is 23.1. The number of hydrogen-bond donors (Lipinski definition) is 0. The number of nitrogens with zero attached hydrogens (tertiary/aromatic N) is 5. The minimum Gasteiger partial charge on any atom is -0.466 e. The topological polar surface area (TPSA) is 95.9 Å². The molecule has 1 aromatic heterocycles. The Morgan fingerprint density at radius 3 is 2.31 bits per heavy atom. The van der Waals surface area contributed by atoms with Crippen LogP contribution in [0.3, 0.4) is 0 Å². The van der Waals surface area contributed by atoms with Crippen LogP contribution in [0.15, 0.2) is 11.2 Å². The number of likely N-dealkylation sites (tertiary alicyclic amines) is 1. The molecule has 0 bridgehead atoms. The second kappa shape index (κ2) is 11.7. The molecule has 2 fully saturated rings. The van der Waals surface area contributed by atoms with Gasteiger partial charge in [-0.3, -0.25) is 14.4 Å². The Balaban J connectivity index is 1.51. The van der Waals surface area contributed by atoms with Crippen molar-refractivity contribution in [1.82, 2.24) is 19.8 Å². The van der Waals surface area contributed by atoms with Crippen molar-refractivity contribution in [3.63, 3.8) is 0 Å². The molecule has 0 N–H and O–H groups in total. The van der Waals surface area contributed by atoms with E-state index in [0.717, 1.165) is 0 Å². The smallest absolute Gasteiger partial charge is 0.309 e. The maximum absolute atomic E-state index is 12.6. The van der Waals surface area contributed by atoms with E-state index in [1.807, 2.05) is 11.8 Å². The van der Waals surface area contributed by atoms with Gasteiger partial charge in [0.1, 0.15) is 11.0 Å². The van der Waals surface area contributed by atoms with Gasteiger partial charge in [-0.15, -0.1) is 0 Å². The lowest BCUT2D eigenvalue weighted by molar-refractivity contribution is -0.151. The van der Waals surface area contributed by atoms with Crippen LogP contribution >= 0.6 is 23.4 Å². The van der Waals surface area contributed by atoms with Crippen LogP contribution in [0, 0.1) is 5.92 Å². The van der Waals surface area contributed by atoms with E-state index in [1.54, 1.807) is 17.9 Å². The minimum absolute atomic E-state index is 0.00544. The van der Waals surface area contributed by atoms with Gasteiger partial charge in [0.2, 0.25) is 11.8 Å². The molecule has 11 heteroatoms. The number of thioether (sulfide) groups is 1. The van der Waals surface area contributed by atoms with Gasteiger partial charge in [0.15, 0.2) is 5.16 Å². The van der Waals surface area contributed by atoms with Gasteiger partial charge in [0, 0.05) is 51.8 Å². The van der Waals surface area contributed by atoms with Crippen molar-refractivity contribution >= 4 is 47.0 Å². The van der Waals surface area contributed by atoms with Crippen LogP contribution in [-0.4, -0.2) is 89.2 Å². The molecule has 0 unspecified atom stereocenters. The molecule has 3 heterocycles. The van der Waals surface area contributed by atoms with Crippen molar-refractivity contribution in [1.29, 1.82) is 0 Å². The van der Waals surface area contributed by atoms with Crippen LogP contribution in [0.25, 0.3) is 0 Å². The number of halogens is 1. The second-order valence-corrected chi connectivity index (χ2v) is 9.08. The van der Waals surface area contributed by atoms with E-state index in [4.69, 9.17) is 16.3 Å². The Hall–Kier alpha value is -2.07. The molecule has 0 aliphatic carbocycles. The third-order valence-corrected chi connectivity index (χ3v) is 6.74. The van der Waals surface area contributed by atoms with Gasteiger partial charge in [-0.05, 0) is 19.8 Å². The van der Waals surface area contributed by atoms with Crippen LogP contribution < -0.4 is 4.90 Å². The number of amides is 2. The zero-order valence-corrected chi connectivity index (χ0v) is 20.2. The first kappa shape index (κ1) is 24.6. The molecule has 1 aromatic rings. The van der Waals surface area contributed by atoms with Crippen LogP contribution in [0.4, 0.5) is 5.82 Å². The summed E-state index contributed by atoms with van der Waals surface area (Å²) < 4.78 is 5.08. The van der Waals surface area contributed by atoms with Crippen LogP contribution in [0.1, 0.15) is 33.1 Å². The number of piperidine rings is 1. The Bertz CT molecular complexity index is 826. The van der Waals surface area contributed by atoms with Gasteiger partial charge in [-0.1, -0.05) is 30.3 Å². The van der Waals surface area contributed by atoms with Gasteiger partial charge < -0.3 is 19.4 Å². The molecule has 0 saturated carbocycles. The predicted octanol–water partition coefficient (Wildman–Crippen LogP) is 2.08. The fourth-order valence-electron chi connectivity index (χ4n) is 3.86. The molecule has 0 spiro atoms. The average molecular weight is 484 g/mol. The first-order valence-corrected chi connectivity index (χ1v) is 12.4. The van der Waals surface area contributed by atoms with Crippen molar-refractivity contribution in [3.8, 4) is 0 Å². The van der Waals surface area contributed by atoms with Crippen LogP contribution in [0.5, 0.6) is 0 Å². The van der Waals surface area contributed by atoms with E-state index in [-0.39, 0.29) is 29.5 Å². The summed E-state index contributed by atoms with van der Waals surface area (Å²) in [4.78, 5) is 50.9. The maximum Gasteiger partial charge on any atom is 0.309 e. The van der Waals surface area contributed by atoms with Gasteiger partial charge in [-0.2, -0.15) is 0 Å². The summed E-state index contributed by atoms with van der Waals surface area (Å²) in [7, 11) is 0. The number of carbonyl (C=O) groups is 3. The van der Waals surface area contributed by atoms with E-state index in [1.165, 1.54) is 11.8 Å². The lowest BCUT2D eigenvalue weighted by Crippen LogP contribution is -2.48.